The summed E-state index contributed by atoms with van der Waals surface area (Å²) in [5.74, 6) is -3.52. The van der Waals surface area contributed by atoms with Crippen LogP contribution in [0.1, 0.15) is 24.9 Å². The summed E-state index contributed by atoms with van der Waals surface area (Å²) in [6.07, 6.45) is -10.5. The predicted molar refractivity (Wildman–Crippen MR) is 68.1 cm³/mol. The normalized spacial score (nSPS) is 14.5. The molecule has 1 rings (SSSR count). The molecular weight excluding hydrogens is 320 g/mol. The summed E-state index contributed by atoms with van der Waals surface area (Å²) < 4.78 is 77.4. The van der Waals surface area contributed by atoms with E-state index in [0.29, 0.717) is 6.42 Å². The van der Waals surface area contributed by atoms with Gasteiger partial charge in [0.05, 0.1) is 6.04 Å². The van der Waals surface area contributed by atoms with E-state index in [1.165, 1.54) is 24.3 Å². The van der Waals surface area contributed by atoms with Crippen LogP contribution in [0, 0.1) is 5.92 Å². The van der Waals surface area contributed by atoms with E-state index < -0.39 is 24.3 Å². The van der Waals surface area contributed by atoms with Crippen LogP contribution in [0.25, 0.3) is 0 Å². The second-order valence-corrected chi connectivity index (χ2v) is 4.92. The van der Waals surface area contributed by atoms with E-state index in [1.807, 2.05) is 0 Å². The Morgan fingerprint density at radius 2 is 1.57 bits per heavy atom. The molecule has 1 unspecified atom stereocenters. The Morgan fingerprint density at radius 3 is 2.00 bits per heavy atom. The molecule has 1 aromatic rings. The van der Waals surface area contributed by atoms with E-state index >= 15 is 0 Å². The molecule has 1 atom stereocenters. The minimum atomic E-state index is -5.43. The van der Waals surface area contributed by atoms with Crippen LogP contribution in [0.3, 0.4) is 0 Å². The third-order valence-electron chi connectivity index (χ3n) is 2.89. The number of hydrogen-bond donors (Lipinski definition) is 1. The van der Waals surface area contributed by atoms with Crippen LogP contribution in [0.15, 0.2) is 24.3 Å². The Labute approximate surface area is 123 Å². The lowest BCUT2D eigenvalue weighted by molar-refractivity contribution is -0.292. The fourth-order valence-electron chi connectivity index (χ4n) is 2.00. The fraction of sp³-hybridized carbons (Fsp3) is 0.538. The lowest BCUT2D eigenvalue weighted by Gasteiger charge is -2.32. The van der Waals surface area contributed by atoms with Gasteiger partial charge in [-0.1, -0.05) is 36.7 Å². The summed E-state index contributed by atoms with van der Waals surface area (Å²) in [5.41, 5.74) is -0.215. The van der Waals surface area contributed by atoms with Crippen LogP contribution in [-0.2, 0) is 0 Å². The molecule has 0 aromatic heterocycles. The maximum atomic E-state index is 12.9. The molecule has 1 N–H and O–H groups in total. The van der Waals surface area contributed by atoms with Crippen molar-refractivity contribution in [1.29, 1.82) is 0 Å². The van der Waals surface area contributed by atoms with Gasteiger partial charge in [-0.25, -0.2) is 0 Å². The standard InChI is InChI=1S/C13H14ClF6N/c1-2-7-21-10(8-5-3-4-6-9(8)14)11(12(15,16)17)13(18,19)20/h3-6,10-11,21H,2,7H2,1H3. The summed E-state index contributed by atoms with van der Waals surface area (Å²) in [6, 6.07) is 3.25. The van der Waals surface area contributed by atoms with Crippen LogP contribution in [0.5, 0.6) is 0 Å². The van der Waals surface area contributed by atoms with E-state index in [1.54, 1.807) is 6.92 Å². The smallest absolute Gasteiger partial charge is 0.309 e. The second-order valence-electron chi connectivity index (χ2n) is 4.51. The molecule has 1 aromatic carbocycles. The van der Waals surface area contributed by atoms with Crippen molar-refractivity contribution in [2.75, 3.05) is 6.54 Å². The summed E-state index contributed by atoms with van der Waals surface area (Å²) in [6.45, 7) is 1.66. The highest BCUT2D eigenvalue weighted by Crippen LogP contribution is 2.47. The average molecular weight is 334 g/mol. The molecule has 0 bridgehead atoms. The van der Waals surface area contributed by atoms with Crippen molar-refractivity contribution in [3.8, 4) is 0 Å². The Bertz CT molecular complexity index is 443. The Kier molecular flexibility index (Phi) is 5.92. The van der Waals surface area contributed by atoms with Gasteiger partial charge in [-0.05, 0) is 24.6 Å². The van der Waals surface area contributed by atoms with Crippen molar-refractivity contribution in [2.24, 2.45) is 5.92 Å². The van der Waals surface area contributed by atoms with Gasteiger partial charge in [0.25, 0.3) is 0 Å². The van der Waals surface area contributed by atoms with Crippen molar-refractivity contribution in [3.63, 3.8) is 0 Å². The summed E-state index contributed by atoms with van der Waals surface area (Å²) >= 11 is 5.77. The largest absolute Gasteiger partial charge is 0.402 e. The number of nitrogens with one attached hydrogen (secondary N) is 1. The van der Waals surface area contributed by atoms with Crippen LogP contribution in [-0.4, -0.2) is 18.9 Å². The first-order valence-corrected chi connectivity index (χ1v) is 6.58. The zero-order chi connectivity index (χ0) is 16.3. The molecular formula is C13H14ClF6N. The molecule has 0 fully saturated rings. The van der Waals surface area contributed by atoms with Crippen LogP contribution < -0.4 is 5.32 Å². The predicted octanol–water partition coefficient (Wildman–Crippen LogP) is 5.12. The highest BCUT2D eigenvalue weighted by molar-refractivity contribution is 6.31. The van der Waals surface area contributed by atoms with Crippen molar-refractivity contribution in [2.45, 2.75) is 31.7 Å². The molecule has 0 aliphatic carbocycles. The third-order valence-corrected chi connectivity index (χ3v) is 3.24. The Balaban J connectivity index is 3.31. The number of hydrogen-bond acceptors (Lipinski definition) is 1. The van der Waals surface area contributed by atoms with Crippen molar-refractivity contribution < 1.29 is 26.3 Å². The van der Waals surface area contributed by atoms with Crippen LogP contribution >= 0.6 is 11.6 Å². The van der Waals surface area contributed by atoms with Gasteiger partial charge >= 0.3 is 12.4 Å². The second kappa shape index (κ2) is 6.87. The monoisotopic (exact) mass is 333 g/mol. The maximum absolute atomic E-state index is 12.9. The first-order chi connectivity index (χ1) is 9.59. The SMILES string of the molecule is CCCNC(c1ccccc1Cl)C(C(F)(F)F)C(F)(F)F. The zero-order valence-electron chi connectivity index (χ0n) is 11.0. The van der Waals surface area contributed by atoms with Gasteiger partial charge in [0.15, 0.2) is 5.92 Å². The summed E-state index contributed by atoms with van der Waals surface area (Å²) in [7, 11) is 0. The van der Waals surface area contributed by atoms with E-state index in [0.717, 1.165) is 0 Å². The van der Waals surface area contributed by atoms with E-state index in [9.17, 15) is 26.3 Å². The first kappa shape index (κ1) is 18.1. The molecule has 8 heteroatoms. The first-order valence-electron chi connectivity index (χ1n) is 6.20. The fourth-order valence-corrected chi connectivity index (χ4v) is 2.25. The number of rotatable bonds is 5. The molecule has 0 heterocycles. The topological polar surface area (TPSA) is 12.0 Å². The molecule has 0 radical (unpaired) electrons. The molecule has 0 amide bonds. The van der Waals surface area contributed by atoms with Gasteiger partial charge in [0.1, 0.15) is 0 Å². The molecule has 0 aliphatic rings. The van der Waals surface area contributed by atoms with E-state index in [-0.39, 0.29) is 17.1 Å². The molecule has 0 saturated carbocycles. The van der Waals surface area contributed by atoms with Crippen molar-refractivity contribution in [3.05, 3.63) is 34.9 Å². The number of benzene rings is 1. The Hall–Kier alpha value is -0.950. The van der Waals surface area contributed by atoms with Gasteiger partial charge in [0.2, 0.25) is 0 Å². The van der Waals surface area contributed by atoms with Crippen LogP contribution in [0.2, 0.25) is 5.02 Å². The third kappa shape index (κ3) is 4.78. The van der Waals surface area contributed by atoms with Crippen molar-refractivity contribution in [1.82, 2.24) is 5.32 Å². The van der Waals surface area contributed by atoms with Crippen molar-refractivity contribution >= 4 is 11.6 Å². The van der Waals surface area contributed by atoms with Gasteiger partial charge < -0.3 is 5.32 Å². The molecule has 0 aliphatic heterocycles. The highest BCUT2D eigenvalue weighted by Gasteiger charge is 2.60. The highest BCUT2D eigenvalue weighted by atomic mass is 35.5. The number of halogens is 7. The van der Waals surface area contributed by atoms with Gasteiger partial charge in [-0.2, -0.15) is 26.3 Å². The van der Waals surface area contributed by atoms with Crippen LogP contribution in [0.4, 0.5) is 26.3 Å². The molecule has 120 valence electrons. The average Bonchev–Trinajstić information content (AvgIpc) is 2.32. The molecule has 1 nitrogen and oxygen atoms in total. The van der Waals surface area contributed by atoms with Gasteiger partial charge in [-0.3, -0.25) is 0 Å². The lowest BCUT2D eigenvalue weighted by Crippen LogP contribution is -2.46. The zero-order valence-corrected chi connectivity index (χ0v) is 11.8. The minimum absolute atomic E-state index is 0.0125. The summed E-state index contributed by atoms with van der Waals surface area (Å²) in [5, 5.41) is 2.18. The Morgan fingerprint density at radius 1 is 1.05 bits per heavy atom. The van der Waals surface area contributed by atoms with E-state index in [2.05, 4.69) is 5.32 Å². The quantitative estimate of drug-likeness (QED) is 0.737. The lowest BCUT2D eigenvalue weighted by atomic mass is 9.91. The van der Waals surface area contributed by atoms with Gasteiger partial charge in [0, 0.05) is 5.02 Å². The number of alkyl halides is 6. The summed E-state index contributed by atoms with van der Waals surface area (Å²) in [4.78, 5) is 0. The maximum Gasteiger partial charge on any atom is 0.402 e. The molecule has 0 saturated heterocycles. The minimum Gasteiger partial charge on any atom is -0.309 e. The van der Waals surface area contributed by atoms with Gasteiger partial charge in [-0.15, -0.1) is 0 Å². The van der Waals surface area contributed by atoms with E-state index in [4.69, 9.17) is 11.6 Å². The molecule has 0 spiro atoms. The molecule has 21 heavy (non-hydrogen) atoms.